The minimum absolute atomic E-state index is 0.647. The van der Waals surface area contributed by atoms with Gasteiger partial charge < -0.3 is 0 Å². The lowest BCUT2D eigenvalue weighted by molar-refractivity contribution is 0.642. The summed E-state index contributed by atoms with van der Waals surface area (Å²) in [6.45, 7) is 20.4. The van der Waals surface area contributed by atoms with Crippen LogP contribution in [0.15, 0.2) is 107 Å². The Morgan fingerprint density at radius 3 is 1.02 bits per heavy atom. The molecule has 0 spiro atoms. The zero-order valence-electron chi connectivity index (χ0n) is 27.8. The summed E-state index contributed by atoms with van der Waals surface area (Å²) in [6.07, 6.45) is 9.57. The number of pyridine rings is 2. The van der Waals surface area contributed by atoms with Crippen molar-refractivity contribution in [1.29, 1.82) is 0 Å². The lowest BCUT2D eigenvalue weighted by Gasteiger charge is -2.15. The van der Waals surface area contributed by atoms with E-state index in [0.29, 0.717) is 22.3 Å². The van der Waals surface area contributed by atoms with Crippen LogP contribution in [-0.4, -0.2) is 32.0 Å². The van der Waals surface area contributed by atoms with Gasteiger partial charge in [-0.05, 0) is 82.7 Å². The predicted octanol–water partition coefficient (Wildman–Crippen LogP) is 12.2. The molecule has 0 aliphatic heterocycles. The number of benzene rings is 2. The molecule has 0 N–H and O–H groups in total. The topological polar surface area (TPSA) is 25.8 Å². The Hall–Kier alpha value is -2.21. The molecule has 4 rings (SSSR count). The number of thioether (sulfide) groups is 3. The zero-order chi connectivity index (χ0) is 31.8. The molecule has 0 amide bonds. The molecule has 2 nitrogen and oxygen atoms in total. The van der Waals surface area contributed by atoms with E-state index < -0.39 is 0 Å². The maximum atomic E-state index is 4.15. The molecule has 43 heavy (non-hydrogen) atoms. The van der Waals surface area contributed by atoms with Crippen molar-refractivity contribution in [2.24, 2.45) is 17.8 Å². The first-order valence-corrected chi connectivity index (χ1v) is 18.4. The molecule has 2 aromatic carbocycles. The van der Waals surface area contributed by atoms with Gasteiger partial charge >= 0.3 is 0 Å². The van der Waals surface area contributed by atoms with E-state index in [2.05, 4.69) is 139 Å². The zero-order valence-corrected chi connectivity index (χ0v) is 30.3. The highest BCUT2D eigenvalue weighted by molar-refractivity contribution is 8.00. The van der Waals surface area contributed by atoms with Crippen LogP contribution in [0.5, 0.6) is 0 Å². The molecule has 0 aliphatic carbocycles. The first-order chi connectivity index (χ1) is 20.5. The first-order valence-electron chi connectivity index (χ1n) is 15.4. The van der Waals surface area contributed by atoms with E-state index in [1.807, 2.05) is 59.8 Å². The third-order valence-corrected chi connectivity index (χ3v) is 11.7. The molecule has 0 bridgehead atoms. The van der Waals surface area contributed by atoms with Gasteiger partial charge in [-0.1, -0.05) is 98.7 Å². The molecule has 5 heteroatoms. The second-order valence-electron chi connectivity index (χ2n) is 11.9. The largest absolute Gasteiger partial charge is 0.264 e. The van der Waals surface area contributed by atoms with E-state index in [1.54, 1.807) is 12.4 Å². The Labute approximate surface area is 275 Å². The Morgan fingerprint density at radius 2 is 0.791 bits per heavy atom. The van der Waals surface area contributed by atoms with Gasteiger partial charge in [0.25, 0.3) is 0 Å². The molecule has 232 valence electrons. The van der Waals surface area contributed by atoms with Crippen LogP contribution >= 0.6 is 35.3 Å². The molecular formula is C38H52N2S3. The number of hydrogen-bond donors (Lipinski definition) is 0. The van der Waals surface area contributed by atoms with Gasteiger partial charge in [0.1, 0.15) is 0 Å². The molecule has 4 aromatic rings. The maximum absolute atomic E-state index is 4.15. The van der Waals surface area contributed by atoms with Crippen molar-refractivity contribution in [3.8, 4) is 22.3 Å². The molecule has 0 aliphatic rings. The molecule has 2 heterocycles. The van der Waals surface area contributed by atoms with Crippen LogP contribution in [0.25, 0.3) is 22.3 Å². The summed E-state index contributed by atoms with van der Waals surface area (Å²) >= 11 is 5.81. The van der Waals surface area contributed by atoms with E-state index in [-0.39, 0.29) is 0 Å². The number of hydrogen-bond acceptors (Lipinski definition) is 5. The fraction of sp³-hybridized carbons (Fsp3) is 0.421. The maximum Gasteiger partial charge on any atom is 0.0346 e. The smallest absolute Gasteiger partial charge is 0.0346 e. The van der Waals surface area contributed by atoms with Crippen molar-refractivity contribution >= 4 is 35.3 Å². The van der Waals surface area contributed by atoms with Crippen LogP contribution in [0.2, 0.25) is 0 Å². The minimum Gasteiger partial charge on any atom is -0.264 e. The summed E-state index contributed by atoms with van der Waals surface area (Å²) in [5.74, 6) is 2.23. The lowest BCUT2D eigenvalue weighted by atomic mass is 10.1. The third kappa shape index (κ3) is 14.0. The van der Waals surface area contributed by atoms with Gasteiger partial charge in [-0.15, -0.1) is 23.5 Å². The predicted molar refractivity (Wildman–Crippen MR) is 197 cm³/mol. The van der Waals surface area contributed by atoms with Crippen molar-refractivity contribution in [1.82, 2.24) is 9.97 Å². The minimum atomic E-state index is 0.647. The SMILES string of the molecule is CC(C)[C@H](C)Sc1ccc(-c2cccnc2)cc1.CC(C)[C@H](C)Sc1ccc(-c2cccnc2)cc1.CSC(C)C(C)C. The number of rotatable bonds is 10. The van der Waals surface area contributed by atoms with Crippen molar-refractivity contribution < 1.29 is 0 Å². The van der Waals surface area contributed by atoms with Gasteiger partial charge in [0.05, 0.1) is 0 Å². The second-order valence-corrected chi connectivity index (χ2v) is 16.0. The monoisotopic (exact) mass is 632 g/mol. The number of nitrogens with zero attached hydrogens (tertiary/aromatic N) is 2. The van der Waals surface area contributed by atoms with Crippen LogP contribution in [0, 0.1) is 17.8 Å². The van der Waals surface area contributed by atoms with Crippen molar-refractivity contribution in [3.05, 3.63) is 97.6 Å². The van der Waals surface area contributed by atoms with E-state index >= 15 is 0 Å². The molecule has 2 aromatic heterocycles. The average molecular weight is 633 g/mol. The van der Waals surface area contributed by atoms with E-state index in [4.69, 9.17) is 0 Å². The molecule has 0 saturated carbocycles. The van der Waals surface area contributed by atoms with Gasteiger partial charge in [0.2, 0.25) is 0 Å². The van der Waals surface area contributed by atoms with E-state index in [0.717, 1.165) is 11.2 Å². The molecule has 3 atom stereocenters. The van der Waals surface area contributed by atoms with E-state index in [1.165, 1.54) is 32.0 Å². The van der Waals surface area contributed by atoms with Crippen molar-refractivity contribution in [2.75, 3.05) is 6.26 Å². The Kier molecular flexibility index (Phi) is 17.2. The Bertz CT molecular complexity index is 1160. The standard InChI is InChI=1S/2C16H19NS.C6H14S/c2*1-12(2)13(3)18-16-8-6-14(7-9-16)15-5-4-10-17-11-15;1-5(2)6(3)7-4/h2*4-13H,1-3H3;5-6H,1-4H3/t2*13-;/m00./s1. The summed E-state index contributed by atoms with van der Waals surface area (Å²) < 4.78 is 0. The fourth-order valence-corrected chi connectivity index (χ4v) is 6.03. The van der Waals surface area contributed by atoms with Crippen LogP contribution < -0.4 is 0 Å². The molecule has 0 radical (unpaired) electrons. The highest BCUT2D eigenvalue weighted by atomic mass is 32.2. The average Bonchev–Trinajstić information content (AvgIpc) is 3.02. The van der Waals surface area contributed by atoms with Gasteiger partial charge in [-0.25, -0.2) is 0 Å². The molecule has 1 unspecified atom stereocenters. The van der Waals surface area contributed by atoms with Crippen molar-refractivity contribution in [3.63, 3.8) is 0 Å². The molecular weight excluding hydrogens is 581 g/mol. The quantitative estimate of drug-likeness (QED) is 0.162. The van der Waals surface area contributed by atoms with Crippen molar-refractivity contribution in [2.45, 2.75) is 87.9 Å². The fourth-order valence-electron chi connectivity index (χ4n) is 3.49. The molecule has 0 saturated heterocycles. The van der Waals surface area contributed by atoms with Gasteiger partial charge in [-0.3, -0.25) is 9.97 Å². The van der Waals surface area contributed by atoms with Crippen LogP contribution in [-0.2, 0) is 0 Å². The van der Waals surface area contributed by atoms with Gasteiger partial charge in [0.15, 0.2) is 0 Å². The summed E-state index contributed by atoms with van der Waals surface area (Å²) in [5, 5.41) is 2.11. The highest BCUT2D eigenvalue weighted by Crippen LogP contribution is 2.30. The van der Waals surface area contributed by atoms with E-state index in [9.17, 15) is 0 Å². The van der Waals surface area contributed by atoms with Crippen LogP contribution in [0.3, 0.4) is 0 Å². The van der Waals surface area contributed by atoms with Crippen LogP contribution in [0.4, 0.5) is 0 Å². The summed E-state index contributed by atoms with van der Waals surface area (Å²) in [4.78, 5) is 11.0. The summed E-state index contributed by atoms with van der Waals surface area (Å²) in [7, 11) is 0. The second kappa shape index (κ2) is 19.9. The normalized spacial score (nSPS) is 13.0. The Morgan fingerprint density at radius 1 is 0.442 bits per heavy atom. The van der Waals surface area contributed by atoms with Gasteiger partial charge in [-0.2, -0.15) is 11.8 Å². The lowest BCUT2D eigenvalue weighted by Crippen LogP contribution is -2.04. The third-order valence-electron chi connectivity index (χ3n) is 7.53. The van der Waals surface area contributed by atoms with Gasteiger partial charge in [0, 0.05) is 50.3 Å². The summed E-state index contributed by atoms with van der Waals surface area (Å²) in [6, 6.07) is 25.6. The highest BCUT2D eigenvalue weighted by Gasteiger charge is 2.10. The Balaban J connectivity index is 0.000000247. The molecule has 0 fully saturated rings. The first kappa shape index (κ1) is 37.0. The summed E-state index contributed by atoms with van der Waals surface area (Å²) in [5.41, 5.74) is 4.80. The van der Waals surface area contributed by atoms with Crippen LogP contribution in [0.1, 0.15) is 62.3 Å². The number of aromatic nitrogens is 2.